The molecule has 148 valence electrons. The summed E-state index contributed by atoms with van der Waals surface area (Å²) >= 11 is 0. The van der Waals surface area contributed by atoms with Gasteiger partial charge in [-0.1, -0.05) is 96.8 Å². The van der Waals surface area contributed by atoms with Crippen LogP contribution in [0.4, 0.5) is 0 Å². The number of esters is 1. The maximum Gasteiger partial charge on any atom is 0.306 e. The van der Waals surface area contributed by atoms with Crippen LogP contribution in [0, 0.1) is 0 Å². The Labute approximate surface area is 156 Å². The zero-order valence-corrected chi connectivity index (χ0v) is 16.9. The van der Waals surface area contributed by atoms with Crippen LogP contribution in [0.2, 0.25) is 0 Å². The highest BCUT2D eigenvalue weighted by Gasteiger charge is 2.08. The second-order valence-electron chi connectivity index (χ2n) is 7.40. The van der Waals surface area contributed by atoms with E-state index < -0.39 is 0 Å². The van der Waals surface area contributed by atoms with Gasteiger partial charge in [-0.2, -0.15) is 0 Å². The lowest BCUT2D eigenvalue weighted by Gasteiger charge is -2.09. The van der Waals surface area contributed by atoms with Crippen LogP contribution in [0.3, 0.4) is 0 Å². The largest absolute Gasteiger partial charge is 0.462 e. The average molecular weight is 355 g/mol. The van der Waals surface area contributed by atoms with Gasteiger partial charge in [0.05, 0.1) is 0 Å². The Bertz CT molecular complexity index is 302. The summed E-state index contributed by atoms with van der Waals surface area (Å²) in [6.07, 6.45) is 21.2. The van der Waals surface area contributed by atoms with E-state index in [4.69, 9.17) is 4.74 Å². The van der Waals surface area contributed by atoms with E-state index in [0.29, 0.717) is 12.8 Å². The van der Waals surface area contributed by atoms with Gasteiger partial charge >= 0.3 is 5.97 Å². The lowest BCUT2D eigenvalue weighted by molar-refractivity contribution is -0.148. The van der Waals surface area contributed by atoms with Gasteiger partial charge in [0.15, 0.2) is 0 Å². The van der Waals surface area contributed by atoms with Gasteiger partial charge in [0.2, 0.25) is 0 Å². The van der Waals surface area contributed by atoms with E-state index in [9.17, 15) is 9.59 Å². The molecule has 0 spiro atoms. The molecule has 0 N–H and O–H groups in total. The van der Waals surface area contributed by atoms with Crippen molar-refractivity contribution in [2.45, 2.75) is 129 Å². The van der Waals surface area contributed by atoms with E-state index >= 15 is 0 Å². The Kier molecular flexibility index (Phi) is 18.8. The molecular formula is C22H42O3. The van der Waals surface area contributed by atoms with E-state index in [1.807, 2.05) is 0 Å². The van der Waals surface area contributed by atoms with Crippen LogP contribution < -0.4 is 0 Å². The standard InChI is InChI=1S/C22H42O3/c1-3-4-5-6-7-8-9-10-11-12-13-14-15-16-17-18-22(24)25-21(2)19-20-23/h20-21H,3-19H2,1-2H3. The third kappa shape index (κ3) is 19.3. The van der Waals surface area contributed by atoms with Gasteiger partial charge < -0.3 is 9.53 Å². The molecule has 0 aliphatic heterocycles. The zero-order valence-electron chi connectivity index (χ0n) is 16.9. The lowest BCUT2D eigenvalue weighted by atomic mass is 10.0. The van der Waals surface area contributed by atoms with Gasteiger partial charge in [0.25, 0.3) is 0 Å². The van der Waals surface area contributed by atoms with Crippen LogP contribution in [-0.4, -0.2) is 18.4 Å². The Balaban J connectivity index is 3.16. The number of aldehydes is 1. The van der Waals surface area contributed by atoms with Crippen LogP contribution in [-0.2, 0) is 14.3 Å². The van der Waals surface area contributed by atoms with Crippen molar-refractivity contribution in [2.24, 2.45) is 0 Å². The van der Waals surface area contributed by atoms with E-state index in [1.165, 1.54) is 83.5 Å². The molecule has 0 aromatic carbocycles. The molecule has 3 nitrogen and oxygen atoms in total. The number of carbonyl (C=O) groups is 2. The predicted octanol–water partition coefficient (Wildman–Crippen LogP) is 6.77. The highest BCUT2D eigenvalue weighted by Crippen LogP contribution is 2.14. The molecule has 0 rings (SSSR count). The van der Waals surface area contributed by atoms with E-state index in [2.05, 4.69) is 6.92 Å². The van der Waals surface area contributed by atoms with Crippen molar-refractivity contribution in [1.29, 1.82) is 0 Å². The molecule has 0 amide bonds. The lowest BCUT2D eigenvalue weighted by Crippen LogP contribution is -2.14. The fourth-order valence-electron chi connectivity index (χ4n) is 3.11. The summed E-state index contributed by atoms with van der Waals surface area (Å²) in [5.41, 5.74) is 0. The monoisotopic (exact) mass is 354 g/mol. The smallest absolute Gasteiger partial charge is 0.306 e. The van der Waals surface area contributed by atoms with Gasteiger partial charge in [0, 0.05) is 12.8 Å². The zero-order chi connectivity index (χ0) is 18.6. The minimum Gasteiger partial charge on any atom is -0.462 e. The predicted molar refractivity (Wildman–Crippen MR) is 106 cm³/mol. The first kappa shape index (κ1) is 24.1. The molecule has 0 fully saturated rings. The van der Waals surface area contributed by atoms with Crippen molar-refractivity contribution in [3.63, 3.8) is 0 Å². The summed E-state index contributed by atoms with van der Waals surface area (Å²) in [4.78, 5) is 21.8. The molecular weight excluding hydrogens is 312 g/mol. The first-order valence-corrected chi connectivity index (χ1v) is 10.8. The molecule has 1 atom stereocenters. The molecule has 1 unspecified atom stereocenters. The van der Waals surface area contributed by atoms with E-state index in [-0.39, 0.29) is 12.1 Å². The highest BCUT2D eigenvalue weighted by atomic mass is 16.5. The Hall–Kier alpha value is -0.860. The van der Waals surface area contributed by atoms with Gasteiger partial charge in [-0.25, -0.2) is 0 Å². The molecule has 0 heterocycles. The van der Waals surface area contributed by atoms with Crippen LogP contribution in [0.1, 0.15) is 123 Å². The Morgan fingerprint density at radius 2 is 1.16 bits per heavy atom. The summed E-state index contributed by atoms with van der Waals surface area (Å²) in [6.45, 7) is 4.03. The van der Waals surface area contributed by atoms with Crippen molar-refractivity contribution < 1.29 is 14.3 Å². The topological polar surface area (TPSA) is 43.4 Å². The average Bonchev–Trinajstić information content (AvgIpc) is 2.58. The molecule has 0 radical (unpaired) electrons. The van der Waals surface area contributed by atoms with Crippen molar-refractivity contribution in [1.82, 2.24) is 0 Å². The molecule has 0 saturated heterocycles. The number of unbranched alkanes of at least 4 members (excludes halogenated alkanes) is 14. The minimum absolute atomic E-state index is 0.163. The van der Waals surface area contributed by atoms with E-state index in [1.54, 1.807) is 6.92 Å². The maximum atomic E-state index is 11.5. The first-order chi connectivity index (χ1) is 12.2. The van der Waals surface area contributed by atoms with Crippen molar-refractivity contribution in [2.75, 3.05) is 0 Å². The SMILES string of the molecule is CCCCCCCCCCCCCCCCCC(=O)OC(C)CC=O. The summed E-state index contributed by atoms with van der Waals surface area (Å²) in [6, 6.07) is 0. The molecule has 3 heteroatoms. The van der Waals surface area contributed by atoms with E-state index in [0.717, 1.165) is 19.1 Å². The van der Waals surface area contributed by atoms with Gasteiger partial charge in [-0.15, -0.1) is 0 Å². The molecule has 25 heavy (non-hydrogen) atoms. The highest BCUT2D eigenvalue weighted by molar-refractivity contribution is 5.69. The fraction of sp³-hybridized carbons (Fsp3) is 0.909. The Morgan fingerprint density at radius 3 is 1.56 bits per heavy atom. The number of hydrogen-bond acceptors (Lipinski definition) is 3. The number of rotatable bonds is 19. The quantitative estimate of drug-likeness (QED) is 0.146. The first-order valence-electron chi connectivity index (χ1n) is 10.8. The number of ether oxygens (including phenoxy) is 1. The fourth-order valence-corrected chi connectivity index (χ4v) is 3.11. The van der Waals surface area contributed by atoms with Crippen molar-refractivity contribution in [3.8, 4) is 0 Å². The number of carbonyl (C=O) groups excluding carboxylic acids is 2. The van der Waals surface area contributed by atoms with Gasteiger partial charge in [-0.3, -0.25) is 4.79 Å². The van der Waals surface area contributed by atoms with Crippen molar-refractivity contribution in [3.05, 3.63) is 0 Å². The van der Waals surface area contributed by atoms with Gasteiger partial charge in [0.1, 0.15) is 12.4 Å². The summed E-state index contributed by atoms with van der Waals surface area (Å²) < 4.78 is 5.14. The molecule has 0 aromatic rings. The number of hydrogen-bond donors (Lipinski definition) is 0. The second-order valence-corrected chi connectivity index (χ2v) is 7.40. The normalized spacial score (nSPS) is 12.1. The molecule has 0 saturated carbocycles. The third-order valence-corrected chi connectivity index (χ3v) is 4.75. The summed E-state index contributed by atoms with van der Waals surface area (Å²) in [5.74, 6) is -0.163. The summed E-state index contributed by atoms with van der Waals surface area (Å²) in [7, 11) is 0. The Morgan fingerprint density at radius 1 is 0.760 bits per heavy atom. The maximum absolute atomic E-state index is 11.5. The van der Waals surface area contributed by atoms with Crippen LogP contribution in [0.25, 0.3) is 0 Å². The van der Waals surface area contributed by atoms with Crippen molar-refractivity contribution >= 4 is 12.3 Å². The minimum atomic E-state index is -0.277. The third-order valence-electron chi connectivity index (χ3n) is 4.75. The van der Waals surface area contributed by atoms with Crippen LogP contribution in [0.15, 0.2) is 0 Å². The van der Waals surface area contributed by atoms with Crippen LogP contribution >= 0.6 is 0 Å². The molecule has 0 bridgehead atoms. The second kappa shape index (κ2) is 19.5. The molecule has 0 aromatic heterocycles. The van der Waals surface area contributed by atoms with Gasteiger partial charge in [-0.05, 0) is 13.3 Å². The summed E-state index contributed by atoms with van der Waals surface area (Å²) in [5, 5.41) is 0. The molecule has 0 aliphatic rings. The molecule has 0 aliphatic carbocycles. The van der Waals surface area contributed by atoms with Crippen LogP contribution in [0.5, 0.6) is 0 Å².